The fraction of sp³-hybridized carbons (Fsp3) is 0.625. The Labute approximate surface area is 105 Å². The highest BCUT2D eigenvalue weighted by atomic mass is 16.2. The van der Waals surface area contributed by atoms with Crippen LogP contribution in [0.15, 0.2) is 34.4 Å². The Balaban J connectivity index is 2.37. The Bertz CT molecular complexity index is 398. The maximum absolute atomic E-state index is 8.99. The molecule has 1 atom stereocenters. The van der Waals surface area contributed by atoms with Crippen molar-refractivity contribution in [3.8, 4) is 0 Å². The molecule has 0 aliphatic heterocycles. The second-order valence-corrected chi connectivity index (χ2v) is 5.85. The van der Waals surface area contributed by atoms with Gasteiger partial charge < -0.3 is 5.11 Å². The molecule has 0 amide bonds. The standard InChI is InChI=1S/C16H24O/c1-12(7-10-17)14-6-9-16(3)8-4-5-13(2)15(16)11-14/h7,11,17H,4-6,8-10H2,1-3H3/b12-7+. The molecule has 2 aliphatic carbocycles. The van der Waals surface area contributed by atoms with Crippen LogP contribution in [-0.2, 0) is 0 Å². The van der Waals surface area contributed by atoms with E-state index >= 15 is 0 Å². The first-order chi connectivity index (χ1) is 8.07. The van der Waals surface area contributed by atoms with Crippen LogP contribution in [-0.4, -0.2) is 11.7 Å². The van der Waals surface area contributed by atoms with Gasteiger partial charge in [-0.3, -0.25) is 0 Å². The SMILES string of the molecule is CC1=C2C=C(/C(C)=C/CO)CCC2(C)CCC1. The van der Waals surface area contributed by atoms with Gasteiger partial charge in [-0.15, -0.1) is 0 Å². The van der Waals surface area contributed by atoms with E-state index in [-0.39, 0.29) is 6.61 Å². The Morgan fingerprint density at radius 3 is 2.88 bits per heavy atom. The third-order valence-electron chi connectivity index (χ3n) is 4.56. The second kappa shape index (κ2) is 4.81. The van der Waals surface area contributed by atoms with E-state index in [1.54, 1.807) is 11.1 Å². The predicted octanol–water partition coefficient (Wildman–Crippen LogP) is 4.15. The molecular formula is C16H24O. The molecule has 2 aliphatic rings. The summed E-state index contributed by atoms with van der Waals surface area (Å²) < 4.78 is 0. The summed E-state index contributed by atoms with van der Waals surface area (Å²) in [5, 5.41) is 8.99. The van der Waals surface area contributed by atoms with Crippen molar-refractivity contribution in [3.63, 3.8) is 0 Å². The highest BCUT2D eigenvalue weighted by Crippen LogP contribution is 2.49. The van der Waals surface area contributed by atoms with Crippen LogP contribution >= 0.6 is 0 Å². The van der Waals surface area contributed by atoms with Gasteiger partial charge in [-0.1, -0.05) is 24.6 Å². The molecule has 0 radical (unpaired) electrons. The van der Waals surface area contributed by atoms with E-state index < -0.39 is 0 Å². The van der Waals surface area contributed by atoms with E-state index in [1.807, 2.05) is 6.08 Å². The quantitative estimate of drug-likeness (QED) is 0.758. The first kappa shape index (κ1) is 12.6. The molecular weight excluding hydrogens is 208 g/mol. The van der Waals surface area contributed by atoms with Crippen molar-refractivity contribution in [2.75, 3.05) is 6.61 Å². The van der Waals surface area contributed by atoms with Crippen LogP contribution in [0, 0.1) is 5.41 Å². The first-order valence-electron chi connectivity index (χ1n) is 6.75. The summed E-state index contributed by atoms with van der Waals surface area (Å²) in [5.41, 5.74) is 6.25. The summed E-state index contributed by atoms with van der Waals surface area (Å²) in [6.45, 7) is 6.97. The minimum atomic E-state index is 0.151. The first-order valence-corrected chi connectivity index (χ1v) is 6.75. The second-order valence-electron chi connectivity index (χ2n) is 5.85. The van der Waals surface area contributed by atoms with Crippen molar-refractivity contribution in [1.29, 1.82) is 0 Å². The summed E-state index contributed by atoms with van der Waals surface area (Å²) in [5.74, 6) is 0. The van der Waals surface area contributed by atoms with E-state index in [2.05, 4.69) is 26.8 Å². The fourth-order valence-corrected chi connectivity index (χ4v) is 3.32. The number of allylic oxidation sites excluding steroid dienone is 5. The van der Waals surface area contributed by atoms with E-state index in [0.29, 0.717) is 5.41 Å². The summed E-state index contributed by atoms with van der Waals surface area (Å²) in [6, 6.07) is 0. The number of rotatable bonds is 2. The number of aliphatic hydroxyl groups is 1. The van der Waals surface area contributed by atoms with E-state index in [0.717, 1.165) is 6.42 Å². The topological polar surface area (TPSA) is 20.2 Å². The smallest absolute Gasteiger partial charge is 0.0618 e. The van der Waals surface area contributed by atoms with Crippen molar-refractivity contribution < 1.29 is 5.11 Å². The van der Waals surface area contributed by atoms with E-state index in [9.17, 15) is 0 Å². The lowest BCUT2D eigenvalue weighted by Gasteiger charge is -2.40. The average Bonchev–Trinajstić information content (AvgIpc) is 2.29. The van der Waals surface area contributed by atoms with Crippen molar-refractivity contribution in [2.45, 2.75) is 52.9 Å². The minimum Gasteiger partial charge on any atom is -0.392 e. The van der Waals surface area contributed by atoms with Gasteiger partial charge in [0.1, 0.15) is 0 Å². The molecule has 1 heteroatoms. The van der Waals surface area contributed by atoms with Gasteiger partial charge in [0, 0.05) is 0 Å². The number of hydrogen-bond donors (Lipinski definition) is 1. The zero-order chi connectivity index (χ0) is 12.5. The Hall–Kier alpha value is -0.820. The normalized spacial score (nSPS) is 30.1. The lowest BCUT2D eigenvalue weighted by atomic mass is 9.65. The number of aliphatic hydroxyl groups excluding tert-OH is 1. The van der Waals surface area contributed by atoms with Gasteiger partial charge in [0.15, 0.2) is 0 Å². The molecule has 1 unspecified atom stereocenters. The lowest BCUT2D eigenvalue weighted by molar-refractivity contribution is 0.305. The Morgan fingerprint density at radius 2 is 2.18 bits per heavy atom. The molecule has 0 heterocycles. The fourth-order valence-electron chi connectivity index (χ4n) is 3.32. The van der Waals surface area contributed by atoms with Gasteiger partial charge in [-0.05, 0) is 68.1 Å². The summed E-state index contributed by atoms with van der Waals surface area (Å²) in [7, 11) is 0. The predicted molar refractivity (Wildman–Crippen MR) is 72.8 cm³/mol. The highest BCUT2D eigenvalue weighted by Gasteiger charge is 2.34. The monoisotopic (exact) mass is 232 g/mol. The van der Waals surface area contributed by atoms with Crippen molar-refractivity contribution in [1.82, 2.24) is 0 Å². The molecule has 1 nitrogen and oxygen atoms in total. The van der Waals surface area contributed by atoms with E-state index in [1.165, 1.54) is 36.8 Å². The Kier molecular flexibility index (Phi) is 3.58. The molecule has 17 heavy (non-hydrogen) atoms. The minimum absolute atomic E-state index is 0.151. The van der Waals surface area contributed by atoms with Crippen LogP contribution in [0.2, 0.25) is 0 Å². The largest absolute Gasteiger partial charge is 0.392 e. The van der Waals surface area contributed by atoms with Gasteiger partial charge in [0.2, 0.25) is 0 Å². The number of hydrogen-bond acceptors (Lipinski definition) is 1. The van der Waals surface area contributed by atoms with Crippen LogP contribution < -0.4 is 0 Å². The van der Waals surface area contributed by atoms with Crippen LogP contribution in [0.1, 0.15) is 52.9 Å². The summed E-state index contributed by atoms with van der Waals surface area (Å²) in [4.78, 5) is 0. The maximum atomic E-state index is 8.99. The van der Waals surface area contributed by atoms with Crippen molar-refractivity contribution >= 4 is 0 Å². The third-order valence-corrected chi connectivity index (χ3v) is 4.56. The molecule has 0 aromatic heterocycles. The van der Waals surface area contributed by atoms with Crippen molar-refractivity contribution in [2.24, 2.45) is 5.41 Å². The molecule has 94 valence electrons. The molecule has 0 saturated carbocycles. The van der Waals surface area contributed by atoms with Gasteiger partial charge in [-0.25, -0.2) is 0 Å². The van der Waals surface area contributed by atoms with Crippen LogP contribution in [0.3, 0.4) is 0 Å². The maximum Gasteiger partial charge on any atom is 0.0618 e. The third kappa shape index (κ3) is 2.40. The summed E-state index contributed by atoms with van der Waals surface area (Å²) >= 11 is 0. The molecule has 1 N–H and O–H groups in total. The molecule has 2 rings (SSSR count). The number of fused-ring (bicyclic) bond motifs is 1. The van der Waals surface area contributed by atoms with Gasteiger partial charge >= 0.3 is 0 Å². The summed E-state index contributed by atoms with van der Waals surface area (Å²) in [6.07, 6.45) is 10.7. The van der Waals surface area contributed by atoms with Gasteiger partial charge in [-0.2, -0.15) is 0 Å². The lowest BCUT2D eigenvalue weighted by Crippen LogP contribution is -2.26. The highest BCUT2D eigenvalue weighted by molar-refractivity contribution is 5.44. The van der Waals surface area contributed by atoms with Crippen LogP contribution in [0.25, 0.3) is 0 Å². The van der Waals surface area contributed by atoms with E-state index in [4.69, 9.17) is 5.11 Å². The molecule has 0 fully saturated rings. The Morgan fingerprint density at radius 1 is 1.41 bits per heavy atom. The molecule has 0 saturated heterocycles. The van der Waals surface area contributed by atoms with Crippen molar-refractivity contribution in [3.05, 3.63) is 34.4 Å². The molecule has 0 aromatic carbocycles. The zero-order valence-electron chi connectivity index (χ0n) is 11.3. The van der Waals surface area contributed by atoms with Gasteiger partial charge in [0.25, 0.3) is 0 Å². The molecule has 0 aromatic rings. The average molecular weight is 232 g/mol. The zero-order valence-corrected chi connectivity index (χ0v) is 11.3. The van der Waals surface area contributed by atoms with Crippen LogP contribution in [0.5, 0.6) is 0 Å². The van der Waals surface area contributed by atoms with Crippen LogP contribution in [0.4, 0.5) is 0 Å². The molecule has 0 bridgehead atoms. The van der Waals surface area contributed by atoms with Gasteiger partial charge in [0.05, 0.1) is 6.61 Å². The molecule has 0 spiro atoms.